The fraction of sp³-hybridized carbons (Fsp3) is 0. The lowest BCUT2D eigenvalue weighted by atomic mass is 10.1. The number of benzene rings is 3. The van der Waals surface area contributed by atoms with Gasteiger partial charge in [-0.3, -0.25) is 5.43 Å². The van der Waals surface area contributed by atoms with Crippen LogP contribution < -0.4 is 5.43 Å². The minimum atomic E-state index is 0.802. The molecule has 4 heteroatoms. The minimum absolute atomic E-state index is 0.802. The highest BCUT2D eigenvalue weighted by molar-refractivity contribution is 9.10. The molecule has 0 saturated heterocycles. The van der Waals surface area contributed by atoms with Crippen LogP contribution in [0.5, 0.6) is 0 Å². The molecule has 0 bridgehead atoms. The summed E-state index contributed by atoms with van der Waals surface area (Å²) in [4.78, 5) is 0. The van der Waals surface area contributed by atoms with E-state index in [1.165, 1.54) is 11.1 Å². The summed E-state index contributed by atoms with van der Waals surface area (Å²) in [5.41, 5.74) is 7.02. The van der Waals surface area contributed by atoms with Crippen LogP contribution in [0.1, 0.15) is 0 Å². The molecule has 0 fully saturated rings. The van der Waals surface area contributed by atoms with Gasteiger partial charge in [0.15, 0.2) is 0 Å². The van der Waals surface area contributed by atoms with Gasteiger partial charge < -0.3 is 0 Å². The van der Waals surface area contributed by atoms with Crippen molar-refractivity contribution < 1.29 is 0 Å². The molecule has 3 aromatic carbocycles. The largest absolute Gasteiger partial charge is 0.260 e. The normalized spacial score (nSPS) is 10.8. The van der Waals surface area contributed by atoms with Gasteiger partial charge in [0.25, 0.3) is 0 Å². The molecule has 22 heavy (non-hydrogen) atoms. The van der Waals surface area contributed by atoms with Gasteiger partial charge in [-0.25, -0.2) is 0 Å². The van der Waals surface area contributed by atoms with Crippen molar-refractivity contribution in [3.8, 4) is 11.1 Å². The Hall–Kier alpha value is -2.46. The number of nitrogens with zero attached hydrogens (tertiary/aromatic N) is 2. The number of hydrogen-bond acceptors (Lipinski definition) is 2. The zero-order valence-corrected chi connectivity index (χ0v) is 13.4. The van der Waals surface area contributed by atoms with Crippen LogP contribution in [0.2, 0.25) is 0 Å². The van der Waals surface area contributed by atoms with Gasteiger partial charge in [0, 0.05) is 4.47 Å². The molecule has 3 rings (SSSR count). The second-order valence-electron chi connectivity index (χ2n) is 4.73. The van der Waals surface area contributed by atoms with E-state index >= 15 is 0 Å². The maximum atomic E-state index is 4.12. The van der Waals surface area contributed by atoms with E-state index in [-0.39, 0.29) is 0 Å². The highest BCUT2D eigenvalue weighted by Crippen LogP contribution is 2.21. The Labute approximate surface area is 137 Å². The Morgan fingerprint density at radius 1 is 0.682 bits per heavy atom. The SMILES string of the molecule is Brc1ccc(N=NNc2ccc(-c3ccccc3)cc2)cc1. The van der Waals surface area contributed by atoms with E-state index in [9.17, 15) is 0 Å². The monoisotopic (exact) mass is 351 g/mol. The predicted octanol–water partition coefficient (Wildman–Crippen LogP) is 6.23. The van der Waals surface area contributed by atoms with E-state index in [4.69, 9.17) is 0 Å². The van der Waals surface area contributed by atoms with Crippen molar-refractivity contribution in [1.29, 1.82) is 0 Å². The molecule has 3 nitrogen and oxygen atoms in total. The van der Waals surface area contributed by atoms with Crippen LogP contribution in [-0.4, -0.2) is 0 Å². The first kappa shape index (κ1) is 14.5. The summed E-state index contributed by atoms with van der Waals surface area (Å²) < 4.78 is 1.02. The third kappa shape index (κ3) is 3.80. The first-order valence-electron chi connectivity index (χ1n) is 6.89. The van der Waals surface area contributed by atoms with Gasteiger partial charge in [-0.1, -0.05) is 63.6 Å². The van der Waals surface area contributed by atoms with Crippen LogP contribution in [0, 0.1) is 0 Å². The van der Waals surface area contributed by atoms with E-state index in [1.54, 1.807) is 0 Å². The molecule has 0 aliphatic rings. The lowest BCUT2D eigenvalue weighted by molar-refractivity contribution is 1.13. The number of anilines is 1. The summed E-state index contributed by atoms with van der Waals surface area (Å²) in [7, 11) is 0. The van der Waals surface area contributed by atoms with Gasteiger partial charge in [-0.05, 0) is 47.5 Å². The predicted molar refractivity (Wildman–Crippen MR) is 94.2 cm³/mol. The Morgan fingerprint density at radius 2 is 1.32 bits per heavy atom. The molecule has 0 saturated carbocycles. The van der Waals surface area contributed by atoms with Crippen LogP contribution in [0.15, 0.2) is 93.7 Å². The fourth-order valence-corrected chi connectivity index (χ4v) is 2.28. The molecule has 108 valence electrons. The van der Waals surface area contributed by atoms with Gasteiger partial charge >= 0.3 is 0 Å². The highest BCUT2D eigenvalue weighted by atomic mass is 79.9. The number of hydrogen-bond donors (Lipinski definition) is 1. The summed E-state index contributed by atoms with van der Waals surface area (Å²) in [5.74, 6) is 0. The molecule has 0 radical (unpaired) electrons. The van der Waals surface area contributed by atoms with E-state index in [0.717, 1.165) is 15.8 Å². The third-order valence-corrected chi connectivity index (χ3v) is 3.69. The second-order valence-corrected chi connectivity index (χ2v) is 5.65. The Kier molecular flexibility index (Phi) is 4.61. The summed E-state index contributed by atoms with van der Waals surface area (Å²) in [6.07, 6.45) is 0. The summed E-state index contributed by atoms with van der Waals surface area (Å²) in [6.45, 7) is 0. The smallest absolute Gasteiger partial charge is 0.0875 e. The topological polar surface area (TPSA) is 36.8 Å². The molecule has 1 N–H and O–H groups in total. The number of rotatable bonds is 4. The minimum Gasteiger partial charge on any atom is -0.260 e. The average Bonchev–Trinajstić information content (AvgIpc) is 2.58. The maximum Gasteiger partial charge on any atom is 0.0875 e. The van der Waals surface area contributed by atoms with Crippen LogP contribution in [0.25, 0.3) is 11.1 Å². The summed E-state index contributed by atoms with van der Waals surface area (Å²) in [5, 5.41) is 8.12. The summed E-state index contributed by atoms with van der Waals surface area (Å²) in [6, 6.07) is 26.0. The Balaban J connectivity index is 1.65. The van der Waals surface area contributed by atoms with Crippen LogP contribution >= 0.6 is 15.9 Å². The van der Waals surface area contributed by atoms with Gasteiger partial charge in [-0.15, -0.1) is 5.11 Å². The molecular formula is C18H14BrN3. The summed E-state index contributed by atoms with van der Waals surface area (Å²) >= 11 is 3.39. The van der Waals surface area contributed by atoms with Gasteiger partial charge in [-0.2, -0.15) is 0 Å². The Bertz CT molecular complexity index is 751. The van der Waals surface area contributed by atoms with Crippen molar-refractivity contribution in [2.45, 2.75) is 0 Å². The standard InChI is InChI=1S/C18H14BrN3/c19-16-8-12-18(13-9-16)21-22-20-17-10-6-15(7-11-17)14-4-2-1-3-5-14/h1-13H,(H,20,21). The molecule has 0 aliphatic heterocycles. The quantitative estimate of drug-likeness (QED) is 0.439. The third-order valence-electron chi connectivity index (χ3n) is 3.16. The van der Waals surface area contributed by atoms with Crippen molar-refractivity contribution in [2.24, 2.45) is 10.3 Å². The van der Waals surface area contributed by atoms with Crippen LogP contribution in [0.4, 0.5) is 11.4 Å². The van der Waals surface area contributed by atoms with Crippen molar-refractivity contribution in [2.75, 3.05) is 5.43 Å². The molecule has 3 aromatic rings. The van der Waals surface area contributed by atoms with Crippen LogP contribution in [-0.2, 0) is 0 Å². The Morgan fingerprint density at radius 3 is 2.00 bits per heavy atom. The van der Waals surface area contributed by atoms with E-state index in [0.29, 0.717) is 0 Å². The van der Waals surface area contributed by atoms with E-state index in [2.05, 4.69) is 56.0 Å². The number of halogens is 1. The van der Waals surface area contributed by atoms with E-state index < -0.39 is 0 Å². The molecular weight excluding hydrogens is 338 g/mol. The second kappa shape index (κ2) is 7.00. The van der Waals surface area contributed by atoms with Gasteiger partial charge in [0.1, 0.15) is 0 Å². The van der Waals surface area contributed by atoms with Crippen molar-refractivity contribution >= 4 is 27.3 Å². The van der Waals surface area contributed by atoms with Crippen molar-refractivity contribution in [3.63, 3.8) is 0 Å². The van der Waals surface area contributed by atoms with E-state index in [1.807, 2.05) is 54.6 Å². The van der Waals surface area contributed by atoms with Gasteiger partial charge in [0.05, 0.1) is 11.4 Å². The lowest BCUT2D eigenvalue weighted by Gasteiger charge is -2.03. The molecule has 0 atom stereocenters. The van der Waals surface area contributed by atoms with Gasteiger partial charge in [0.2, 0.25) is 0 Å². The zero-order valence-electron chi connectivity index (χ0n) is 11.8. The van der Waals surface area contributed by atoms with Crippen molar-refractivity contribution in [3.05, 3.63) is 83.3 Å². The number of nitrogens with one attached hydrogen (secondary N) is 1. The van der Waals surface area contributed by atoms with Crippen LogP contribution in [0.3, 0.4) is 0 Å². The lowest BCUT2D eigenvalue weighted by Crippen LogP contribution is -1.86. The average molecular weight is 352 g/mol. The fourth-order valence-electron chi connectivity index (χ4n) is 2.02. The highest BCUT2D eigenvalue weighted by Gasteiger charge is 1.96. The molecule has 0 heterocycles. The van der Waals surface area contributed by atoms with Crippen molar-refractivity contribution in [1.82, 2.24) is 0 Å². The molecule has 0 aliphatic carbocycles. The molecule has 0 spiro atoms. The first-order chi connectivity index (χ1) is 10.8. The first-order valence-corrected chi connectivity index (χ1v) is 7.68. The molecule has 0 unspecified atom stereocenters. The zero-order chi connectivity index (χ0) is 15.2. The molecule has 0 amide bonds. The maximum absolute atomic E-state index is 4.12. The molecule has 0 aromatic heterocycles.